The quantitative estimate of drug-likeness (QED) is 0.352. The summed E-state index contributed by atoms with van der Waals surface area (Å²) in [7, 11) is 1.64. The van der Waals surface area contributed by atoms with Gasteiger partial charge in [0, 0.05) is 28.3 Å². The van der Waals surface area contributed by atoms with Gasteiger partial charge in [-0.25, -0.2) is 4.98 Å². The summed E-state index contributed by atoms with van der Waals surface area (Å²) < 4.78 is 18.0. The fourth-order valence-corrected chi connectivity index (χ4v) is 3.34. The van der Waals surface area contributed by atoms with Gasteiger partial charge in [0.25, 0.3) is 0 Å². The van der Waals surface area contributed by atoms with Gasteiger partial charge in [0.05, 0.1) is 13.7 Å². The molecule has 0 saturated heterocycles. The van der Waals surface area contributed by atoms with E-state index in [9.17, 15) is 0 Å². The summed E-state index contributed by atoms with van der Waals surface area (Å²) in [6, 6.07) is 17.2. The molecular formula is C23H24BrClN2O3. The Kier molecular flexibility index (Phi) is 8.81. The van der Waals surface area contributed by atoms with E-state index in [-0.39, 0.29) is 0 Å². The van der Waals surface area contributed by atoms with Gasteiger partial charge < -0.3 is 19.5 Å². The highest BCUT2D eigenvalue weighted by Crippen LogP contribution is 2.34. The lowest BCUT2D eigenvalue weighted by Gasteiger charge is -2.15. The van der Waals surface area contributed by atoms with E-state index in [0.717, 1.165) is 28.6 Å². The van der Waals surface area contributed by atoms with Gasteiger partial charge in [-0.15, -0.1) is 0 Å². The van der Waals surface area contributed by atoms with Crippen molar-refractivity contribution in [2.75, 3.05) is 20.3 Å². The molecule has 30 heavy (non-hydrogen) atoms. The number of rotatable bonds is 11. The minimum absolute atomic E-state index is 0.438. The number of methoxy groups -OCH3 is 1. The highest BCUT2D eigenvalue weighted by Gasteiger charge is 2.11. The highest BCUT2D eigenvalue weighted by atomic mass is 79.9. The Morgan fingerprint density at radius 3 is 2.60 bits per heavy atom. The molecule has 0 radical (unpaired) electrons. The van der Waals surface area contributed by atoms with E-state index in [1.165, 1.54) is 0 Å². The van der Waals surface area contributed by atoms with Crippen LogP contribution in [0, 0.1) is 0 Å². The number of hydrogen-bond acceptors (Lipinski definition) is 5. The maximum atomic E-state index is 5.95. The zero-order valence-corrected chi connectivity index (χ0v) is 19.1. The number of nitrogens with zero attached hydrogens (tertiary/aromatic N) is 1. The van der Waals surface area contributed by atoms with Crippen molar-refractivity contribution < 1.29 is 14.2 Å². The van der Waals surface area contributed by atoms with Crippen molar-refractivity contribution in [2.45, 2.75) is 19.6 Å². The van der Waals surface area contributed by atoms with Gasteiger partial charge in [-0.05, 0) is 54.4 Å². The van der Waals surface area contributed by atoms with Crippen molar-refractivity contribution in [2.24, 2.45) is 0 Å². The van der Waals surface area contributed by atoms with Crippen LogP contribution in [0.3, 0.4) is 0 Å². The fourth-order valence-electron chi connectivity index (χ4n) is 2.76. The van der Waals surface area contributed by atoms with Gasteiger partial charge in [-0.2, -0.15) is 0 Å². The van der Waals surface area contributed by atoms with Gasteiger partial charge in [0.1, 0.15) is 6.61 Å². The molecule has 2 aromatic carbocycles. The van der Waals surface area contributed by atoms with Crippen LogP contribution in [0.4, 0.5) is 0 Å². The highest BCUT2D eigenvalue weighted by molar-refractivity contribution is 9.10. The molecule has 7 heteroatoms. The number of ether oxygens (including phenoxy) is 3. The number of pyridine rings is 1. The molecule has 0 fully saturated rings. The first kappa shape index (κ1) is 22.4. The third kappa shape index (κ3) is 6.90. The molecule has 0 bridgehead atoms. The van der Waals surface area contributed by atoms with Crippen molar-refractivity contribution in [3.8, 4) is 17.4 Å². The average Bonchev–Trinajstić information content (AvgIpc) is 2.77. The Labute approximate surface area is 190 Å². The second-order valence-corrected chi connectivity index (χ2v) is 7.85. The summed E-state index contributed by atoms with van der Waals surface area (Å²) in [4.78, 5) is 4.14. The lowest BCUT2D eigenvalue weighted by atomic mass is 10.2. The number of aromatic nitrogens is 1. The number of nitrogens with one attached hydrogen (secondary N) is 1. The van der Waals surface area contributed by atoms with E-state index in [0.29, 0.717) is 42.2 Å². The molecule has 1 heterocycles. The number of halogens is 2. The summed E-state index contributed by atoms with van der Waals surface area (Å²) >= 11 is 9.56. The zero-order valence-electron chi connectivity index (χ0n) is 16.7. The Morgan fingerprint density at radius 1 is 1.03 bits per heavy atom. The predicted octanol–water partition coefficient (Wildman–Crippen LogP) is 5.64. The van der Waals surface area contributed by atoms with Crippen LogP contribution in [0.5, 0.6) is 17.4 Å². The Hall–Kier alpha value is -2.28. The van der Waals surface area contributed by atoms with Crippen LogP contribution in [0.25, 0.3) is 0 Å². The van der Waals surface area contributed by atoms with Crippen molar-refractivity contribution in [1.29, 1.82) is 0 Å². The molecule has 0 aliphatic rings. The number of benzene rings is 2. The molecule has 0 saturated carbocycles. The topological polar surface area (TPSA) is 52.6 Å². The first-order valence-electron chi connectivity index (χ1n) is 9.64. The van der Waals surface area contributed by atoms with Gasteiger partial charge in [-0.3, -0.25) is 0 Å². The molecule has 1 aromatic heterocycles. The van der Waals surface area contributed by atoms with Crippen LogP contribution in [-0.2, 0) is 13.2 Å². The third-order valence-electron chi connectivity index (χ3n) is 4.34. The molecule has 0 unspecified atom stereocenters. The Bertz CT molecular complexity index is 924. The van der Waals surface area contributed by atoms with Crippen LogP contribution in [0.15, 0.2) is 65.3 Å². The monoisotopic (exact) mass is 490 g/mol. The summed E-state index contributed by atoms with van der Waals surface area (Å²) in [6.45, 7) is 2.59. The van der Waals surface area contributed by atoms with E-state index < -0.39 is 0 Å². The normalized spacial score (nSPS) is 10.6. The van der Waals surface area contributed by atoms with E-state index in [1.54, 1.807) is 13.3 Å². The third-order valence-corrected chi connectivity index (χ3v) is 5.33. The van der Waals surface area contributed by atoms with Crippen molar-refractivity contribution in [1.82, 2.24) is 10.3 Å². The van der Waals surface area contributed by atoms with Gasteiger partial charge >= 0.3 is 0 Å². The molecule has 0 aliphatic carbocycles. The molecule has 0 aliphatic heterocycles. The van der Waals surface area contributed by atoms with E-state index in [1.807, 2.05) is 54.6 Å². The van der Waals surface area contributed by atoms with Crippen molar-refractivity contribution >= 4 is 27.5 Å². The zero-order chi connectivity index (χ0) is 21.2. The predicted molar refractivity (Wildman–Crippen MR) is 123 cm³/mol. The van der Waals surface area contributed by atoms with Crippen LogP contribution < -0.4 is 19.5 Å². The molecule has 0 amide bonds. The fraction of sp³-hybridized carbons (Fsp3) is 0.261. The van der Waals surface area contributed by atoms with Crippen molar-refractivity contribution in [3.05, 3.63) is 81.4 Å². The molecule has 1 N–H and O–H groups in total. The average molecular weight is 492 g/mol. The molecule has 0 atom stereocenters. The summed E-state index contributed by atoms with van der Waals surface area (Å²) in [5.74, 6) is 2.04. The number of hydrogen-bond donors (Lipinski definition) is 1. The maximum absolute atomic E-state index is 5.95. The minimum Gasteiger partial charge on any atom is -0.493 e. The van der Waals surface area contributed by atoms with Crippen LogP contribution in [0.2, 0.25) is 5.02 Å². The smallest absolute Gasteiger partial charge is 0.213 e. The molecule has 5 nitrogen and oxygen atoms in total. The van der Waals surface area contributed by atoms with Crippen LogP contribution in [0.1, 0.15) is 17.5 Å². The van der Waals surface area contributed by atoms with Gasteiger partial charge in [0.2, 0.25) is 5.88 Å². The van der Waals surface area contributed by atoms with E-state index >= 15 is 0 Å². The van der Waals surface area contributed by atoms with E-state index in [2.05, 4.69) is 26.2 Å². The Morgan fingerprint density at radius 2 is 1.87 bits per heavy atom. The maximum Gasteiger partial charge on any atom is 0.213 e. The minimum atomic E-state index is 0.438. The van der Waals surface area contributed by atoms with Crippen molar-refractivity contribution in [3.63, 3.8) is 0 Å². The first-order valence-corrected chi connectivity index (χ1v) is 10.8. The second-order valence-electron chi connectivity index (χ2n) is 6.56. The van der Waals surface area contributed by atoms with Gasteiger partial charge in [-0.1, -0.05) is 45.7 Å². The van der Waals surface area contributed by atoms with E-state index in [4.69, 9.17) is 25.8 Å². The molecule has 3 rings (SSSR count). The summed E-state index contributed by atoms with van der Waals surface area (Å²) in [5, 5.41) is 4.13. The lowest BCUT2D eigenvalue weighted by molar-refractivity contribution is 0.284. The standard InChI is InChI=1S/C23H24BrClN2O3/c1-28-21-13-18(15-26-10-4-12-29-23-5-2-3-11-27-23)20(24)14-22(21)30-16-17-6-8-19(25)9-7-17/h2-3,5-9,11,13-14,26H,4,10,12,15-16H2,1H3. The molecule has 3 aromatic rings. The SMILES string of the molecule is COc1cc(CNCCCOc2ccccn2)c(Br)cc1OCc1ccc(Cl)cc1. The van der Waals surface area contributed by atoms with Crippen LogP contribution >= 0.6 is 27.5 Å². The summed E-state index contributed by atoms with van der Waals surface area (Å²) in [5.41, 5.74) is 2.13. The lowest BCUT2D eigenvalue weighted by Crippen LogP contribution is -2.17. The van der Waals surface area contributed by atoms with Crippen LogP contribution in [-0.4, -0.2) is 25.2 Å². The second kappa shape index (κ2) is 11.8. The molecule has 158 valence electrons. The molecule has 0 spiro atoms. The van der Waals surface area contributed by atoms with Gasteiger partial charge in [0.15, 0.2) is 11.5 Å². The largest absolute Gasteiger partial charge is 0.493 e. The summed E-state index contributed by atoms with van der Waals surface area (Å²) in [6.07, 6.45) is 2.61. The first-order chi connectivity index (χ1) is 14.7. The molecular weight excluding hydrogens is 468 g/mol. The Balaban J connectivity index is 1.47.